The van der Waals surface area contributed by atoms with Crippen LogP contribution in [0.15, 0.2) is 28.7 Å². The molecule has 0 fully saturated rings. The van der Waals surface area contributed by atoms with Crippen molar-refractivity contribution in [2.24, 2.45) is 0 Å². The van der Waals surface area contributed by atoms with E-state index in [1.54, 1.807) is 0 Å². The topological polar surface area (TPSA) is 65.2 Å². The second-order valence-corrected chi connectivity index (χ2v) is 5.00. The minimum Gasteiger partial charge on any atom is -0.452 e. The van der Waals surface area contributed by atoms with E-state index in [9.17, 15) is 31.1 Å². The first kappa shape index (κ1) is 19.5. The molecule has 0 unspecified atom stereocenters. The zero-order valence-electron chi connectivity index (χ0n) is 13.0. The highest BCUT2D eigenvalue weighted by molar-refractivity contribution is 5.87. The quantitative estimate of drug-likeness (QED) is 0.453. The lowest BCUT2D eigenvalue weighted by Gasteiger charge is -2.12. The normalized spacial score (nSPS) is 12.6. The molecule has 0 amide bonds. The summed E-state index contributed by atoms with van der Waals surface area (Å²) in [4.78, 5) is 11.5. The summed E-state index contributed by atoms with van der Waals surface area (Å²) in [6.07, 6.45) is -8.47. The van der Waals surface area contributed by atoms with Crippen LogP contribution in [0.5, 0.6) is 0 Å². The fourth-order valence-corrected chi connectivity index (χ4v) is 1.82. The summed E-state index contributed by atoms with van der Waals surface area (Å²) in [5, 5.41) is 7.03. The van der Waals surface area contributed by atoms with Crippen molar-refractivity contribution in [3.63, 3.8) is 0 Å². The molecule has 0 saturated carbocycles. The van der Waals surface area contributed by atoms with Gasteiger partial charge in [-0.25, -0.2) is 4.79 Å². The molecule has 5 nitrogen and oxygen atoms in total. The molecule has 2 aromatic rings. The lowest BCUT2D eigenvalue weighted by atomic mass is 10.0. The first-order valence-corrected chi connectivity index (χ1v) is 6.88. The molecule has 0 bridgehead atoms. The highest BCUT2D eigenvalue weighted by atomic mass is 19.4. The van der Waals surface area contributed by atoms with Crippen LogP contribution in [0.4, 0.5) is 26.3 Å². The zero-order valence-corrected chi connectivity index (χ0v) is 13.0. The first-order valence-electron chi connectivity index (χ1n) is 6.88. The van der Waals surface area contributed by atoms with E-state index in [0.717, 1.165) is 6.08 Å². The Morgan fingerprint density at radius 1 is 1.08 bits per heavy atom. The van der Waals surface area contributed by atoms with E-state index in [4.69, 9.17) is 9.15 Å². The van der Waals surface area contributed by atoms with Crippen LogP contribution in [0.1, 0.15) is 28.5 Å². The lowest BCUT2D eigenvalue weighted by Crippen LogP contribution is -2.11. The van der Waals surface area contributed by atoms with Crippen molar-refractivity contribution >= 4 is 12.0 Å². The van der Waals surface area contributed by atoms with E-state index in [2.05, 4.69) is 10.2 Å². The summed E-state index contributed by atoms with van der Waals surface area (Å²) in [7, 11) is 0. The zero-order chi connectivity index (χ0) is 19.5. The van der Waals surface area contributed by atoms with Gasteiger partial charge in [0.2, 0.25) is 5.89 Å². The third kappa shape index (κ3) is 5.33. The standard InChI is InChI=1S/C15H10F6N2O3/c1-8-22-23-12(26-8)7-25-13(24)3-2-9-4-10(14(16,17)18)6-11(5-9)15(19,20)21/h2-6H,7H2,1H3. The van der Waals surface area contributed by atoms with Gasteiger partial charge in [0.05, 0.1) is 11.1 Å². The number of benzene rings is 1. The van der Waals surface area contributed by atoms with Crippen LogP contribution in [0, 0.1) is 6.92 Å². The van der Waals surface area contributed by atoms with Gasteiger partial charge in [-0.15, -0.1) is 10.2 Å². The van der Waals surface area contributed by atoms with Crippen molar-refractivity contribution in [1.82, 2.24) is 10.2 Å². The molecule has 0 N–H and O–H groups in total. The van der Waals surface area contributed by atoms with Crippen LogP contribution in [0.2, 0.25) is 0 Å². The number of hydrogen-bond acceptors (Lipinski definition) is 5. The molecule has 1 heterocycles. The van der Waals surface area contributed by atoms with Crippen LogP contribution in [0.3, 0.4) is 0 Å². The maximum atomic E-state index is 12.7. The minimum absolute atomic E-state index is 0.00638. The van der Waals surface area contributed by atoms with Gasteiger partial charge in [-0.2, -0.15) is 26.3 Å². The van der Waals surface area contributed by atoms with Gasteiger partial charge < -0.3 is 9.15 Å². The van der Waals surface area contributed by atoms with Crippen LogP contribution in [-0.2, 0) is 28.5 Å². The van der Waals surface area contributed by atoms with E-state index in [1.165, 1.54) is 6.92 Å². The summed E-state index contributed by atoms with van der Waals surface area (Å²) in [6.45, 7) is 1.12. The Bertz CT molecular complexity index is 791. The number of carbonyl (C=O) groups is 1. The average molecular weight is 380 g/mol. The predicted octanol–water partition coefficient (Wildman–Crippen LogP) is 4.17. The van der Waals surface area contributed by atoms with Gasteiger partial charge in [-0.3, -0.25) is 0 Å². The molecule has 0 spiro atoms. The fourth-order valence-electron chi connectivity index (χ4n) is 1.82. The highest BCUT2D eigenvalue weighted by Crippen LogP contribution is 2.36. The number of nitrogens with zero attached hydrogens (tertiary/aromatic N) is 2. The Morgan fingerprint density at radius 3 is 2.12 bits per heavy atom. The average Bonchev–Trinajstić information content (AvgIpc) is 2.94. The summed E-state index contributed by atoms with van der Waals surface area (Å²) < 4.78 is 86.1. The van der Waals surface area contributed by atoms with Crippen molar-refractivity contribution in [1.29, 1.82) is 0 Å². The second kappa shape index (κ2) is 7.18. The van der Waals surface area contributed by atoms with E-state index in [-0.39, 0.29) is 24.5 Å². The van der Waals surface area contributed by atoms with Gasteiger partial charge in [-0.1, -0.05) is 0 Å². The molecule has 1 aromatic carbocycles. The SMILES string of the molecule is Cc1nnc(COC(=O)C=Cc2cc(C(F)(F)F)cc(C(F)(F)F)c2)o1. The Hall–Kier alpha value is -2.85. The maximum Gasteiger partial charge on any atom is 0.416 e. The van der Waals surface area contributed by atoms with Gasteiger partial charge in [0, 0.05) is 13.0 Å². The first-order chi connectivity index (χ1) is 11.9. The largest absolute Gasteiger partial charge is 0.452 e. The Kier molecular flexibility index (Phi) is 5.38. The molecular formula is C15H10F6N2O3. The fraction of sp³-hybridized carbons (Fsp3) is 0.267. The number of hydrogen-bond donors (Lipinski definition) is 0. The van der Waals surface area contributed by atoms with E-state index >= 15 is 0 Å². The number of carbonyl (C=O) groups excluding carboxylic acids is 1. The van der Waals surface area contributed by atoms with Gasteiger partial charge in [0.1, 0.15) is 0 Å². The second-order valence-electron chi connectivity index (χ2n) is 5.00. The molecule has 0 aliphatic rings. The summed E-state index contributed by atoms with van der Waals surface area (Å²) >= 11 is 0. The molecule has 0 saturated heterocycles. The number of esters is 1. The van der Waals surface area contributed by atoms with Crippen molar-refractivity contribution in [2.75, 3.05) is 0 Å². The highest BCUT2D eigenvalue weighted by Gasteiger charge is 2.36. The molecular weight excluding hydrogens is 370 g/mol. The maximum absolute atomic E-state index is 12.7. The molecule has 1 aromatic heterocycles. The van der Waals surface area contributed by atoms with E-state index in [1.807, 2.05) is 0 Å². The van der Waals surface area contributed by atoms with Crippen LogP contribution < -0.4 is 0 Å². The van der Waals surface area contributed by atoms with Crippen molar-refractivity contribution in [3.8, 4) is 0 Å². The van der Waals surface area contributed by atoms with Crippen molar-refractivity contribution < 1.29 is 40.3 Å². The number of halogens is 6. The minimum atomic E-state index is -4.97. The van der Waals surface area contributed by atoms with Gasteiger partial charge in [0.15, 0.2) is 6.61 Å². The Labute approximate surface area is 142 Å². The monoisotopic (exact) mass is 380 g/mol. The van der Waals surface area contributed by atoms with Crippen LogP contribution >= 0.6 is 0 Å². The Morgan fingerprint density at radius 2 is 1.65 bits per heavy atom. The summed E-state index contributed by atoms with van der Waals surface area (Å²) in [5.41, 5.74) is -3.43. The molecule has 0 atom stereocenters. The summed E-state index contributed by atoms with van der Waals surface area (Å²) in [5.74, 6) is -0.787. The molecule has 0 radical (unpaired) electrons. The summed E-state index contributed by atoms with van der Waals surface area (Å²) in [6, 6.07) is 0.967. The number of aryl methyl sites for hydroxylation is 1. The van der Waals surface area contributed by atoms with E-state index < -0.39 is 35.0 Å². The third-order valence-electron chi connectivity index (χ3n) is 2.93. The molecule has 0 aliphatic heterocycles. The smallest absolute Gasteiger partial charge is 0.416 e. The molecule has 140 valence electrons. The van der Waals surface area contributed by atoms with Crippen molar-refractivity contribution in [2.45, 2.75) is 25.9 Å². The molecule has 11 heteroatoms. The van der Waals surface area contributed by atoms with Crippen molar-refractivity contribution in [3.05, 3.63) is 52.7 Å². The van der Waals surface area contributed by atoms with Gasteiger partial charge in [-0.05, 0) is 29.8 Å². The number of alkyl halides is 6. The molecule has 2 rings (SSSR count). The predicted molar refractivity (Wildman–Crippen MR) is 74.3 cm³/mol. The van der Waals surface area contributed by atoms with Crippen LogP contribution in [-0.4, -0.2) is 16.2 Å². The van der Waals surface area contributed by atoms with Crippen LogP contribution in [0.25, 0.3) is 6.08 Å². The third-order valence-corrected chi connectivity index (χ3v) is 2.93. The molecule has 0 aliphatic carbocycles. The Balaban J connectivity index is 2.16. The van der Waals surface area contributed by atoms with Gasteiger partial charge >= 0.3 is 18.3 Å². The van der Waals surface area contributed by atoms with E-state index in [0.29, 0.717) is 18.2 Å². The number of ether oxygens (including phenoxy) is 1. The number of rotatable bonds is 4. The molecule has 26 heavy (non-hydrogen) atoms. The number of aromatic nitrogens is 2. The van der Waals surface area contributed by atoms with Gasteiger partial charge in [0.25, 0.3) is 5.89 Å². The lowest BCUT2D eigenvalue weighted by molar-refractivity contribution is -0.143.